The van der Waals surface area contributed by atoms with Crippen molar-refractivity contribution in [3.05, 3.63) is 33.4 Å². The van der Waals surface area contributed by atoms with Gasteiger partial charge in [-0.25, -0.2) is 0 Å². The lowest BCUT2D eigenvalue weighted by Crippen LogP contribution is -1.99. The lowest BCUT2D eigenvalue weighted by Gasteiger charge is -2.00. The summed E-state index contributed by atoms with van der Waals surface area (Å²) in [6.07, 6.45) is 3.26. The molecule has 0 atom stereocenters. The first kappa shape index (κ1) is 11.7. The first-order chi connectivity index (χ1) is 6.72. The zero-order chi connectivity index (χ0) is 10.4. The first-order valence-corrected chi connectivity index (χ1v) is 6.06. The van der Waals surface area contributed by atoms with Crippen molar-refractivity contribution in [1.82, 2.24) is 0 Å². The maximum Gasteiger partial charge on any atom is 0.133 e. The van der Waals surface area contributed by atoms with E-state index in [0.29, 0.717) is 12.2 Å². The predicted molar refractivity (Wildman–Crippen MR) is 67.4 cm³/mol. The molecule has 0 spiro atoms. The maximum atomic E-state index is 11.3. The van der Waals surface area contributed by atoms with Gasteiger partial charge in [-0.1, -0.05) is 19.1 Å². The summed E-state index contributed by atoms with van der Waals surface area (Å²) in [4.78, 5) is 11.3. The Balaban J connectivity index is 2.38. The molecule has 76 valence electrons. The van der Waals surface area contributed by atoms with Gasteiger partial charge in [-0.15, -0.1) is 0 Å². The van der Waals surface area contributed by atoms with Crippen molar-refractivity contribution in [3.8, 4) is 0 Å². The second-order valence-corrected chi connectivity index (χ2v) is 4.66. The Labute approximate surface area is 99.0 Å². The molecule has 0 saturated carbocycles. The van der Waals surface area contributed by atoms with E-state index in [1.807, 2.05) is 6.92 Å². The van der Waals surface area contributed by atoms with Gasteiger partial charge in [0.1, 0.15) is 5.78 Å². The van der Waals surface area contributed by atoms with Gasteiger partial charge >= 0.3 is 0 Å². The number of aryl methyl sites for hydroxylation is 1. The van der Waals surface area contributed by atoms with E-state index < -0.39 is 0 Å². The lowest BCUT2D eigenvalue weighted by atomic mass is 10.1. The maximum absolute atomic E-state index is 11.3. The molecule has 14 heavy (non-hydrogen) atoms. The van der Waals surface area contributed by atoms with Crippen LogP contribution < -0.4 is 0 Å². The predicted octanol–water partition coefficient (Wildman–Crippen LogP) is 3.59. The number of carbonyl (C=O) groups is 1. The highest BCUT2D eigenvalue weighted by atomic mass is 127. The van der Waals surface area contributed by atoms with Crippen LogP contribution in [0, 0.1) is 3.57 Å². The third-order valence-electron chi connectivity index (χ3n) is 2.13. The van der Waals surface area contributed by atoms with Crippen LogP contribution in [0.5, 0.6) is 0 Å². The van der Waals surface area contributed by atoms with Gasteiger partial charge in [0.15, 0.2) is 0 Å². The Hall–Kier alpha value is -0.380. The summed E-state index contributed by atoms with van der Waals surface area (Å²) in [5.41, 5.74) is 1.26. The van der Waals surface area contributed by atoms with Crippen LogP contribution in [0.4, 0.5) is 0 Å². The Kier molecular flexibility index (Phi) is 5.15. The molecular formula is C12H15IO. The van der Waals surface area contributed by atoms with Gasteiger partial charge in [0, 0.05) is 16.4 Å². The molecule has 0 aromatic heterocycles. The van der Waals surface area contributed by atoms with Gasteiger partial charge < -0.3 is 0 Å². The molecule has 1 rings (SSSR count). The summed E-state index contributed by atoms with van der Waals surface area (Å²) in [7, 11) is 0. The fourth-order valence-electron chi connectivity index (χ4n) is 1.34. The van der Waals surface area contributed by atoms with Crippen LogP contribution in [0.15, 0.2) is 24.3 Å². The molecule has 1 aromatic carbocycles. The molecule has 0 aliphatic carbocycles. The highest BCUT2D eigenvalue weighted by molar-refractivity contribution is 14.1. The van der Waals surface area contributed by atoms with Gasteiger partial charge in [0.25, 0.3) is 0 Å². The number of Topliss-reactive ketones (excluding diaryl/α,β-unsaturated/α-hetero) is 1. The summed E-state index contributed by atoms with van der Waals surface area (Å²) in [6, 6.07) is 8.36. The molecular weight excluding hydrogens is 287 g/mol. The van der Waals surface area contributed by atoms with Crippen LogP contribution in [0.25, 0.3) is 0 Å². The second-order valence-electron chi connectivity index (χ2n) is 3.42. The van der Waals surface area contributed by atoms with E-state index in [1.54, 1.807) is 0 Å². The third kappa shape index (κ3) is 4.22. The quantitative estimate of drug-likeness (QED) is 0.760. The SMILES string of the molecule is CCCC(=O)CCc1ccc(I)cc1. The van der Waals surface area contributed by atoms with Gasteiger partial charge in [-0.05, 0) is 53.1 Å². The zero-order valence-electron chi connectivity index (χ0n) is 8.42. The minimum absolute atomic E-state index is 0.381. The van der Waals surface area contributed by atoms with Crippen molar-refractivity contribution in [1.29, 1.82) is 0 Å². The molecule has 0 N–H and O–H groups in total. The Bertz CT molecular complexity index is 290. The summed E-state index contributed by atoms with van der Waals surface area (Å²) in [5.74, 6) is 0.381. The summed E-state index contributed by atoms with van der Waals surface area (Å²) in [6.45, 7) is 2.04. The monoisotopic (exact) mass is 302 g/mol. The number of rotatable bonds is 5. The average Bonchev–Trinajstić information content (AvgIpc) is 2.17. The molecule has 0 unspecified atom stereocenters. The summed E-state index contributed by atoms with van der Waals surface area (Å²) < 4.78 is 1.24. The highest BCUT2D eigenvalue weighted by Gasteiger charge is 2.00. The van der Waals surface area contributed by atoms with Gasteiger partial charge in [-0.3, -0.25) is 4.79 Å². The molecule has 0 aliphatic heterocycles. The highest BCUT2D eigenvalue weighted by Crippen LogP contribution is 2.09. The van der Waals surface area contributed by atoms with Gasteiger partial charge in [0.2, 0.25) is 0 Å². The number of ketones is 1. The molecule has 0 bridgehead atoms. The van der Waals surface area contributed by atoms with E-state index in [1.165, 1.54) is 9.13 Å². The van der Waals surface area contributed by atoms with Crippen LogP contribution in [-0.4, -0.2) is 5.78 Å². The minimum atomic E-state index is 0.381. The molecule has 0 aliphatic rings. The Morgan fingerprint density at radius 1 is 1.21 bits per heavy atom. The number of hydrogen-bond donors (Lipinski definition) is 0. The van der Waals surface area contributed by atoms with Crippen molar-refractivity contribution >= 4 is 28.4 Å². The number of hydrogen-bond acceptors (Lipinski definition) is 1. The van der Waals surface area contributed by atoms with E-state index in [4.69, 9.17) is 0 Å². The second kappa shape index (κ2) is 6.17. The topological polar surface area (TPSA) is 17.1 Å². The van der Waals surface area contributed by atoms with Crippen LogP contribution in [0.1, 0.15) is 31.7 Å². The summed E-state index contributed by atoms with van der Waals surface area (Å²) >= 11 is 2.28. The first-order valence-electron chi connectivity index (χ1n) is 4.98. The van der Waals surface area contributed by atoms with Crippen molar-refractivity contribution in [3.63, 3.8) is 0 Å². The fourth-order valence-corrected chi connectivity index (χ4v) is 1.70. The van der Waals surface area contributed by atoms with E-state index >= 15 is 0 Å². The van der Waals surface area contributed by atoms with Gasteiger partial charge in [0.05, 0.1) is 0 Å². The zero-order valence-corrected chi connectivity index (χ0v) is 10.6. The van der Waals surface area contributed by atoms with Crippen LogP contribution in [0.2, 0.25) is 0 Å². The molecule has 0 heterocycles. The number of benzene rings is 1. The lowest BCUT2D eigenvalue weighted by molar-refractivity contribution is -0.119. The van der Waals surface area contributed by atoms with E-state index in [2.05, 4.69) is 46.9 Å². The molecule has 0 radical (unpaired) electrons. The minimum Gasteiger partial charge on any atom is -0.300 e. The van der Waals surface area contributed by atoms with Crippen molar-refractivity contribution in [2.45, 2.75) is 32.6 Å². The van der Waals surface area contributed by atoms with Crippen LogP contribution >= 0.6 is 22.6 Å². The molecule has 0 amide bonds. The number of halogens is 1. The van der Waals surface area contributed by atoms with E-state index in [0.717, 1.165) is 19.3 Å². The van der Waals surface area contributed by atoms with Gasteiger partial charge in [-0.2, -0.15) is 0 Å². The normalized spacial score (nSPS) is 10.1. The van der Waals surface area contributed by atoms with Crippen LogP contribution in [0.3, 0.4) is 0 Å². The molecule has 1 aromatic rings. The standard InChI is InChI=1S/C12H15IO/c1-2-3-12(14)9-6-10-4-7-11(13)8-5-10/h4-5,7-8H,2-3,6,9H2,1H3. The fraction of sp³-hybridized carbons (Fsp3) is 0.417. The Morgan fingerprint density at radius 3 is 2.43 bits per heavy atom. The smallest absolute Gasteiger partial charge is 0.133 e. The Morgan fingerprint density at radius 2 is 1.86 bits per heavy atom. The summed E-state index contributed by atoms with van der Waals surface area (Å²) in [5, 5.41) is 0. The van der Waals surface area contributed by atoms with Crippen molar-refractivity contribution < 1.29 is 4.79 Å². The molecule has 2 heteroatoms. The van der Waals surface area contributed by atoms with Crippen molar-refractivity contribution in [2.75, 3.05) is 0 Å². The average molecular weight is 302 g/mol. The molecule has 1 nitrogen and oxygen atoms in total. The molecule has 0 fully saturated rings. The van der Waals surface area contributed by atoms with E-state index in [-0.39, 0.29) is 0 Å². The van der Waals surface area contributed by atoms with Crippen molar-refractivity contribution in [2.24, 2.45) is 0 Å². The van der Waals surface area contributed by atoms with E-state index in [9.17, 15) is 4.79 Å². The molecule has 0 saturated heterocycles. The third-order valence-corrected chi connectivity index (χ3v) is 2.85. The number of carbonyl (C=O) groups excluding carboxylic acids is 1. The van der Waals surface area contributed by atoms with Crippen LogP contribution in [-0.2, 0) is 11.2 Å². The largest absolute Gasteiger partial charge is 0.300 e.